The summed E-state index contributed by atoms with van der Waals surface area (Å²) < 4.78 is 15.2. The van der Waals surface area contributed by atoms with Gasteiger partial charge in [0.15, 0.2) is 5.16 Å². The normalized spacial score (nSPS) is 17.7. The molecule has 2 aromatic rings. The lowest BCUT2D eigenvalue weighted by molar-refractivity contribution is -0.130. The fourth-order valence-corrected chi connectivity index (χ4v) is 4.21. The van der Waals surface area contributed by atoms with E-state index in [0.29, 0.717) is 11.7 Å². The Balaban J connectivity index is 1.68. The number of hydrogen-bond acceptors (Lipinski definition) is 3. The summed E-state index contributed by atoms with van der Waals surface area (Å²) in [6.45, 7) is 6.73. The van der Waals surface area contributed by atoms with Gasteiger partial charge < -0.3 is 9.47 Å². The monoisotopic (exact) mass is 361 g/mol. The minimum Gasteiger partial charge on any atom is -0.342 e. The fourth-order valence-electron chi connectivity index (χ4n) is 3.26. The predicted octanol–water partition coefficient (Wildman–Crippen LogP) is 4.06. The van der Waals surface area contributed by atoms with Crippen molar-refractivity contribution in [1.82, 2.24) is 14.5 Å². The van der Waals surface area contributed by atoms with Crippen LogP contribution in [0, 0.1) is 11.7 Å². The Labute approximate surface area is 152 Å². The first-order valence-corrected chi connectivity index (χ1v) is 9.79. The number of aromatic nitrogens is 2. The molecule has 1 atom stereocenters. The molecule has 0 unspecified atom stereocenters. The highest BCUT2D eigenvalue weighted by atomic mass is 32.2. The highest BCUT2D eigenvalue weighted by molar-refractivity contribution is 7.99. The van der Waals surface area contributed by atoms with Gasteiger partial charge in [0.2, 0.25) is 5.91 Å². The van der Waals surface area contributed by atoms with E-state index in [0.717, 1.165) is 42.5 Å². The van der Waals surface area contributed by atoms with Crippen molar-refractivity contribution >= 4 is 17.7 Å². The minimum atomic E-state index is -0.248. The van der Waals surface area contributed by atoms with Crippen molar-refractivity contribution in [3.05, 3.63) is 36.3 Å². The maximum Gasteiger partial charge on any atom is 0.233 e. The fraction of sp³-hybridized carbons (Fsp3) is 0.474. The van der Waals surface area contributed by atoms with E-state index >= 15 is 0 Å². The molecule has 0 aliphatic carbocycles. The van der Waals surface area contributed by atoms with E-state index in [4.69, 9.17) is 0 Å². The Kier molecular flexibility index (Phi) is 5.78. The second kappa shape index (κ2) is 8.04. The van der Waals surface area contributed by atoms with E-state index in [2.05, 4.69) is 16.5 Å². The molecule has 1 aliphatic heterocycles. The van der Waals surface area contributed by atoms with E-state index in [9.17, 15) is 9.18 Å². The Bertz CT molecular complexity index is 729. The van der Waals surface area contributed by atoms with Crippen molar-refractivity contribution in [3.8, 4) is 11.3 Å². The Morgan fingerprint density at radius 3 is 2.80 bits per heavy atom. The van der Waals surface area contributed by atoms with Gasteiger partial charge >= 0.3 is 0 Å². The first kappa shape index (κ1) is 18.0. The van der Waals surface area contributed by atoms with Crippen molar-refractivity contribution in [3.63, 3.8) is 0 Å². The van der Waals surface area contributed by atoms with Crippen LogP contribution >= 0.6 is 11.8 Å². The maximum absolute atomic E-state index is 13.1. The van der Waals surface area contributed by atoms with E-state index in [1.54, 1.807) is 18.3 Å². The summed E-state index contributed by atoms with van der Waals surface area (Å²) in [5, 5.41) is 0.834. The highest BCUT2D eigenvalue weighted by Crippen LogP contribution is 2.27. The van der Waals surface area contributed by atoms with Crippen LogP contribution in [0.15, 0.2) is 35.6 Å². The molecule has 1 saturated heterocycles. The van der Waals surface area contributed by atoms with E-state index in [1.165, 1.54) is 30.3 Å². The number of benzene rings is 1. The second-order valence-corrected chi connectivity index (χ2v) is 7.50. The first-order valence-electron chi connectivity index (χ1n) is 8.80. The van der Waals surface area contributed by atoms with Gasteiger partial charge in [0.05, 0.1) is 17.6 Å². The topological polar surface area (TPSA) is 38.1 Å². The maximum atomic E-state index is 13.1. The number of amides is 1. The molecular formula is C19H24FN3OS. The Hall–Kier alpha value is -1.82. The van der Waals surface area contributed by atoms with Gasteiger partial charge in [-0.1, -0.05) is 18.7 Å². The van der Waals surface area contributed by atoms with Crippen molar-refractivity contribution < 1.29 is 9.18 Å². The summed E-state index contributed by atoms with van der Waals surface area (Å²) in [7, 11) is 0. The number of thioether (sulfide) groups is 1. The lowest BCUT2D eigenvalue weighted by Crippen LogP contribution is -2.40. The number of piperidine rings is 1. The molecule has 134 valence electrons. The van der Waals surface area contributed by atoms with Gasteiger partial charge in [-0.05, 0) is 55.5 Å². The van der Waals surface area contributed by atoms with Crippen molar-refractivity contribution in [1.29, 1.82) is 0 Å². The summed E-state index contributed by atoms with van der Waals surface area (Å²) >= 11 is 1.48. The molecule has 4 nitrogen and oxygen atoms in total. The molecule has 0 radical (unpaired) electrons. The molecule has 3 rings (SSSR count). The predicted molar refractivity (Wildman–Crippen MR) is 99.0 cm³/mol. The minimum absolute atomic E-state index is 0.186. The van der Waals surface area contributed by atoms with E-state index < -0.39 is 0 Å². The average molecular weight is 361 g/mol. The molecule has 0 saturated carbocycles. The van der Waals surface area contributed by atoms with Crippen LogP contribution in [0.2, 0.25) is 0 Å². The van der Waals surface area contributed by atoms with Crippen LogP contribution in [-0.2, 0) is 11.3 Å². The number of nitrogens with zero attached hydrogens (tertiary/aromatic N) is 3. The molecule has 6 heteroatoms. The third kappa shape index (κ3) is 4.24. The van der Waals surface area contributed by atoms with Crippen LogP contribution in [0.1, 0.15) is 26.7 Å². The van der Waals surface area contributed by atoms with Crippen LogP contribution < -0.4 is 0 Å². The number of imidazole rings is 1. The Morgan fingerprint density at radius 1 is 1.36 bits per heavy atom. The van der Waals surface area contributed by atoms with E-state index in [1.807, 2.05) is 11.8 Å². The van der Waals surface area contributed by atoms with Gasteiger partial charge in [-0.3, -0.25) is 4.79 Å². The number of carbonyl (C=O) groups is 1. The van der Waals surface area contributed by atoms with E-state index in [-0.39, 0.29) is 11.7 Å². The molecular weight excluding hydrogens is 337 g/mol. The van der Waals surface area contributed by atoms with Gasteiger partial charge in [0.25, 0.3) is 0 Å². The molecule has 0 spiro atoms. The van der Waals surface area contributed by atoms with Gasteiger partial charge in [0, 0.05) is 19.6 Å². The second-order valence-electron chi connectivity index (χ2n) is 6.55. The number of carbonyl (C=O) groups excluding carboxylic acids is 1. The number of hydrogen-bond donors (Lipinski definition) is 0. The number of likely N-dealkylation sites (tertiary alicyclic amines) is 1. The Morgan fingerprint density at radius 2 is 2.12 bits per heavy atom. The molecule has 1 amide bonds. The highest BCUT2D eigenvalue weighted by Gasteiger charge is 2.21. The van der Waals surface area contributed by atoms with Gasteiger partial charge in [-0.25, -0.2) is 9.37 Å². The van der Waals surface area contributed by atoms with Crippen molar-refractivity contribution in [2.75, 3.05) is 18.8 Å². The molecule has 1 aromatic heterocycles. The largest absolute Gasteiger partial charge is 0.342 e. The zero-order valence-corrected chi connectivity index (χ0v) is 15.6. The van der Waals surface area contributed by atoms with Gasteiger partial charge in [-0.2, -0.15) is 0 Å². The molecule has 1 aromatic carbocycles. The summed E-state index contributed by atoms with van der Waals surface area (Å²) in [5.74, 6) is 0.935. The van der Waals surface area contributed by atoms with Crippen LogP contribution in [0.4, 0.5) is 4.39 Å². The molecule has 1 fully saturated rings. The molecule has 0 bridgehead atoms. The number of halogens is 1. The van der Waals surface area contributed by atoms with Crippen LogP contribution in [0.5, 0.6) is 0 Å². The lowest BCUT2D eigenvalue weighted by Gasteiger charge is -2.30. The zero-order chi connectivity index (χ0) is 17.8. The first-order chi connectivity index (χ1) is 12.1. The molecule has 0 N–H and O–H groups in total. The van der Waals surface area contributed by atoms with Crippen LogP contribution in [0.3, 0.4) is 0 Å². The SMILES string of the molecule is CCn1c(-c2ccc(F)cc2)cnc1SCC(=O)N1CCC[C@H](C)C1. The standard InChI is InChI=1S/C19H24FN3OS/c1-3-23-17(15-6-8-16(20)9-7-15)11-21-19(23)25-13-18(24)22-10-4-5-14(2)12-22/h6-9,11,14H,3-5,10,12-13H2,1-2H3/t14-/m0/s1. The quantitative estimate of drug-likeness (QED) is 0.754. The third-order valence-electron chi connectivity index (χ3n) is 4.61. The lowest BCUT2D eigenvalue weighted by atomic mass is 10.0. The smallest absolute Gasteiger partial charge is 0.233 e. The van der Waals surface area contributed by atoms with Gasteiger partial charge in [0.1, 0.15) is 5.82 Å². The van der Waals surface area contributed by atoms with Crippen LogP contribution in [0.25, 0.3) is 11.3 Å². The molecule has 2 heterocycles. The van der Waals surface area contributed by atoms with Crippen molar-refractivity contribution in [2.24, 2.45) is 5.92 Å². The molecule has 25 heavy (non-hydrogen) atoms. The summed E-state index contributed by atoms with van der Waals surface area (Å²) in [5.41, 5.74) is 1.88. The summed E-state index contributed by atoms with van der Waals surface area (Å²) in [6.07, 6.45) is 4.10. The number of rotatable bonds is 5. The third-order valence-corrected chi connectivity index (χ3v) is 5.58. The summed E-state index contributed by atoms with van der Waals surface area (Å²) in [6, 6.07) is 6.42. The molecule has 1 aliphatic rings. The zero-order valence-electron chi connectivity index (χ0n) is 14.7. The van der Waals surface area contributed by atoms with Crippen LogP contribution in [-0.4, -0.2) is 39.2 Å². The van der Waals surface area contributed by atoms with Crippen molar-refractivity contribution in [2.45, 2.75) is 38.4 Å². The summed E-state index contributed by atoms with van der Waals surface area (Å²) in [4.78, 5) is 18.9. The van der Waals surface area contributed by atoms with Gasteiger partial charge in [-0.15, -0.1) is 0 Å². The average Bonchev–Trinajstić information content (AvgIpc) is 3.03.